The molecular formula is C32H34N4O6. The van der Waals surface area contributed by atoms with Gasteiger partial charge in [-0.1, -0.05) is 36.4 Å². The van der Waals surface area contributed by atoms with Crippen LogP contribution in [0.4, 0.5) is 16.2 Å². The van der Waals surface area contributed by atoms with Gasteiger partial charge in [0.15, 0.2) is 0 Å². The monoisotopic (exact) mass is 570 g/mol. The van der Waals surface area contributed by atoms with Crippen molar-refractivity contribution in [3.8, 4) is 0 Å². The van der Waals surface area contributed by atoms with Gasteiger partial charge in [0.25, 0.3) is 11.8 Å². The third-order valence-corrected chi connectivity index (χ3v) is 6.55. The van der Waals surface area contributed by atoms with Crippen LogP contribution in [0.3, 0.4) is 0 Å². The molecule has 4 rings (SSSR count). The van der Waals surface area contributed by atoms with Gasteiger partial charge in [-0.2, -0.15) is 0 Å². The Morgan fingerprint density at radius 1 is 0.857 bits per heavy atom. The zero-order valence-corrected chi connectivity index (χ0v) is 24.2. The van der Waals surface area contributed by atoms with E-state index in [1.807, 2.05) is 30.3 Å². The molecule has 0 aliphatic carbocycles. The first-order valence-corrected chi connectivity index (χ1v) is 13.4. The lowest BCUT2D eigenvalue weighted by Gasteiger charge is -2.26. The minimum absolute atomic E-state index is 0.0752. The molecule has 3 N–H and O–H groups in total. The Balaban J connectivity index is 1.53. The highest BCUT2D eigenvalue weighted by Gasteiger charge is 2.29. The van der Waals surface area contributed by atoms with Crippen molar-refractivity contribution in [2.24, 2.45) is 0 Å². The molecule has 0 bridgehead atoms. The van der Waals surface area contributed by atoms with Crippen molar-refractivity contribution in [1.82, 2.24) is 9.80 Å². The van der Waals surface area contributed by atoms with E-state index in [1.165, 1.54) is 21.9 Å². The number of carboxylic acids is 1. The van der Waals surface area contributed by atoms with Gasteiger partial charge < -0.3 is 30.3 Å². The highest BCUT2D eigenvalue weighted by molar-refractivity contribution is 6.37. The van der Waals surface area contributed by atoms with E-state index >= 15 is 0 Å². The lowest BCUT2D eigenvalue weighted by molar-refractivity contribution is -0.110. The number of amides is 3. The maximum Gasteiger partial charge on any atom is 0.410 e. The normalized spacial score (nSPS) is 13.5. The maximum absolute atomic E-state index is 13.1. The smallest absolute Gasteiger partial charge is 0.410 e. The minimum atomic E-state index is -1.08. The van der Waals surface area contributed by atoms with Crippen LogP contribution in [0.15, 0.2) is 72.8 Å². The zero-order chi connectivity index (χ0) is 30.6. The van der Waals surface area contributed by atoms with Gasteiger partial charge in [0.05, 0.1) is 22.5 Å². The molecule has 10 heteroatoms. The molecule has 0 spiro atoms. The number of fused-ring (bicyclic) bond motifs is 1. The fourth-order valence-corrected chi connectivity index (χ4v) is 4.33. The molecular weight excluding hydrogens is 536 g/mol. The Kier molecular flexibility index (Phi) is 8.65. The molecule has 1 aliphatic rings. The number of ether oxygens (including phenoxy) is 1. The summed E-state index contributed by atoms with van der Waals surface area (Å²) in [6.45, 7) is 6.01. The molecule has 0 atom stereocenters. The number of carboxylic acid groups (broad SMARTS) is 1. The van der Waals surface area contributed by atoms with Gasteiger partial charge in [0, 0.05) is 44.0 Å². The number of hydrogen-bond donors (Lipinski definition) is 3. The third kappa shape index (κ3) is 6.95. The van der Waals surface area contributed by atoms with Crippen LogP contribution in [0.25, 0.3) is 11.3 Å². The van der Waals surface area contributed by atoms with Crippen LogP contribution < -0.4 is 10.6 Å². The molecule has 0 unspecified atom stereocenters. The summed E-state index contributed by atoms with van der Waals surface area (Å²) in [5.74, 6) is -1.65. The quantitative estimate of drug-likeness (QED) is 0.315. The van der Waals surface area contributed by atoms with E-state index in [0.717, 1.165) is 5.56 Å². The summed E-state index contributed by atoms with van der Waals surface area (Å²) < 4.78 is 5.36. The molecule has 218 valence electrons. The van der Waals surface area contributed by atoms with Crippen LogP contribution >= 0.6 is 0 Å². The Morgan fingerprint density at radius 3 is 2.10 bits per heavy atom. The fourth-order valence-electron chi connectivity index (χ4n) is 4.33. The second-order valence-corrected chi connectivity index (χ2v) is 11.0. The van der Waals surface area contributed by atoms with E-state index in [2.05, 4.69) is 10.6 Å². The number of likely N-dealkylation sites (N-methyl/N-ethyl adjacent to an activating group) is 2. The van der Waals surface area contributed by atoms with Crippen LogP contribution in [-0.4, -0.2) is 71.6 Å². The number of anilines is 2. The number of benzene rings is 3. The molecule has 42 heavy (non-hydrogen) atoms. The molecule has 0 saturated carbocycles. The molecule has 1 aliphatic heterocycles. The molecule has 10 nitrogen and oxygen atoms in total. The Hall–Kier alpha value is -5.12. The topological polar surface area (TPSA) is 128 Å². The summed E-state index contributed by atoms with van der Waals surface area (Å²) in [6, 6.07) is 20.7. The number of hydrogen-bond acceptors (Lipinski definition) is 6. The number of nitrogens with one attached hydrogen (secondary N) is 2. The van der Waals surface area contributed by atoms with Crippen LogP contribution in [0.2, 0.25) is 0 Å². The Labute approximate surface area is 244 Å². The summed E-state index contributed by atoms with van der Waals surface area (Å²) in [7, 11) is 3.29. The number of carbonyl (C=O) groups is 4. The van der Waals surface area contributed by atoms with Gasteiger partial charge in [-0.05, 0) is 62.7 Å². The van der Waals surface area contributed by atoms with Crippen LogP contribution in [-0.2, 0) is 9.53 Å². The number of carbonyl (C=O) groups excluding carboxylic acids is 3. The average Bonchev–Trinajstić information content (AvgIpc) is 3.28. The largest absolute Gasteiger partial charge is 0.478 e. The van der Waals surface area contributed by atoms with E-state index in [-0.39, 0.29) is 17.4 Å². The van der Waals surface area contributed by atoms with Gasteiger partial charge in [-0.15, -0.1) is 0 Å². The predicted molar refractivity (Wildman–Crippen MR) is 161 cm³/mol. The molecule has 3 aromatic rings. The van der Waals surface area contributed by atoms with E-state index < -0.39 is 17.7 Å². The standard InChI is InChI=1S/C32H34N4O6/c1-32(2,3)42-31(41)36(5)18-17-35(4)29(38)21-11-14-23(15-12-21)33-27(20-9-7-6-8-10-20)26-24-16-13-22(30(39)40)19-25(24)34-28(26)37/h6-16,19,33H,17-18H2,1-5H3,(H,34,37)(H,39,40)/b27-26-. The average molecular weight is 571 g/mol. The Morgan fingerprint density at radius 2 is 1.48 bits per heavy atom. The number of rotatable bonds is 8. The second kappa shape index (κ2) is 12.2. The summed E-state index contributed by atoms with van der Waals surface area (Å²) in [6.07, 6.45) is -0.456. The summed E-state index contributed by atoms with van der Waals surface area (Å²) in [4.78, 5) is 52.8. The van der Waals surface area contributed by atoms with Gasteiger partial charge >= 0.3 is 12.1 Å². The number of nitrogens with zero attached hydrogens (tertiary/aromatic N) is 2. The third-order valence-electron chi connectivity index (χ3n) is 6.55. The maximum atomic E-state index is 13.1. The molecule has 0 radical (unpaired) electrons. The Bertz CT molecular complexity index is 1540. The molecule has 0 saturated heterocycles. The first-order chi connectivity index (χ1) is 19.8. The SMILES string of the molecule is CN(CCN(C)C(=O)c1ccc(N/C(=C2\C(=O)Nc3cc(C(=O)O)ccc32)c2ccccc2)cc1)C(=O)OC(C)(C)C. The summed E-state index contributed by atoms with van der Waals surface area (Å²) in [5, 5.41) is 15.5. The summed E-state index contributed by atoms with van der Waals surface area (Å²) >= 11 is 0. The first-order valence-electron chi connectivity index (χ1n) is 13.4. The van der Waals surface area contributed by atoms with Gasteiger partial charge in [0.1, 0.15) is 5.60 Å². The van der Waals surface area contributed by atoms with Crippen molar-refractivity contribution in [1.29, 1.82) is 0 Å². The fraction of sp³-hybridized carbons (Fsp3) is 0.250. The highest BCUT2D eigenvalue weighted by Crippen LogP contribution is 2.38. The van der Waals surface area contributed by atoms with Crippen molar-refractivity contribution >= 4 is 46.5 Å². The molecule has 3 aromatic carbocycles. The van der Waals surface area contributed by atoms with E-state index in [9.17, 15) is 24.3 Å². The zero-order valence-electron chi connectivity index (χ0n) is 24.2. The molecule has 0 fully saturated rings. The van der Waals surface area contributed by atoms with Gasteiger partial charge in [0.2, 0.25) is 0 Å². The van der Waals surface area contributed by atoms with E-state index in [4.69, 9.17) is 4.74 Å². The lowest BCUT2D eigenvalue weighted by atomic mass is 9.99. The second-order valence-electron chi connectivity index (χ2n) is 11.0. The molecule has 1 heterocycles. The number of aromatic carboxylic acids is 1. The van der Waals surface area contributed by atoms with Crippen LogP contribution in [0.5, 0.6) is 0 Å². The van der Waals surface area contributed by atoms with Gasteiger partial charge in [-0.25, -0.2) is 9.59 Å². The first kappa shape index (κ1) is 29.9. The van der Waals surface area contributed by atoms with Crippen molar-refractivity contribution in [2.45, 2.75) is 26.4 Å². The van der Waals surface area contributed by atoms with Crippen molar-refractivity contribution in [3.63, 3.8) is 0 Å². The van der Waals surface area contributed by atoms with Crippen LogP contribution in [0, 0.1) is 0 Å². The predicted octanol–water partition coefficient (Wildman–Crippen LogP) is 5.26. The molecule has 3 amide bonds. The van der Waals surface area contributed by atoms with E-state index in [0.29, 0.717) is 46.9 Å². The van der Waals surface area contributed by atoms with Crippen molar-refractivity contribution in [3.05, 3.63) is 95.1 Å². The molecule has 0 aromatic heterocycles. The van der Waals surface area contributed by atoms with Gasteiger partial charge in [-0.3, -0.25) is 9.59 Å². The summed E-state index contributed by atoms with van der Waals surface area (Å²) in [5.41, 5.74) is 3.26. The highest BCUT2D eigenvalue weighted by atomic mass is 16.6. The van der Waals surface area contributed by atoms with Crippen molar-refractivity contribution < 1.29 is 29.0 Å². The van der Waals surface area contributed by atoms with Crippen molar-refractivity contribution in [2.75, 3.05) is 37.8 Å². The lowest BCUT2D eigenvalue weighted by Crippen LogP contribution is -2.39. The van der Waals surface area contributed by atoms with E-state index in [1.54, 1.807) is 65.2 Å². The van der Waals surface area contributed by atoms with Crippen LogP contribution in [0.1, 0.15) is 52.6 Å². The minimum Gasteiger partial charge on any atom is -0.478 e.